The van der Waals surface area contributed by atoms with E-state index < -0.39 is 0 Å². The lowest BCUT2D eigenvalue weighted by molar-refractivity contribution is 0.835. The maximum Gasteiger partial charge on any atom is 0.191 e. The number of thiazole rings is 1. The number of thioether (sulfide) groups is 1. The number of nitrogens with zero attached hydrogens (tertiary/aromatic N) is 2. The predicted octanol–water partition coefficient (Wildman–Crippen LogP) is 3.87. The van der Waals surface area contributed by atoms with Crippen molar-refractivity contribution < 1.29 is 0 Å². The maximum absolute atomic E-state index is 5.88. The summed E-state index contributed by atoms with van der Waals surface area (Å²) in [5.74, 6) is 1.77. The molecular weight excluding hydrogens is 348 g/mol. The van der Waals surface area contributed by atoms with E-state index in [1.807, 2.05) is 38.1 Å². The van der Waals surface area contributed by atoms with Gasteiger partial charge in [-0.25, -0.2) is 4.98 Å². The van der Waals surface area contributed by atoms with Crippen LogP contribution < -0.4 is 10.6 Å². The number of rotatable bonds is 6. The molecule has 1 aromatic heterocycles. The molecule has 0 unspecified atom stereocenters. The average Bonchev–Trinajstić information content (AvgIpc) is 2.86. The molecule has 2 aromatic rings. The molecule has 124 valence electrons. The van der Waals surface area contributed by atoms with E-state index in [1.165, 1.54) is 9.77 Å². The molecule has 1 aromatic carbocycles. The van der Waals surface area contributed by atoms with Crippen LogP contribution in [-0.4, -0.2) is 30.3 Å². The fourth-order valence-electron chi connectivity index (χ4n) is 1.99. The van der Waals surface area contributed by atoms with Crippen molar-refractivity contribution in [2.24, 2.45) is 4.99 Å². The first-order valence-electron chi connectivity index (χ1n) is 7.34. The molecule has 0 saturated heterocycles. The van der Waals surface area contributed by atoms with E-state index >= 15 is 0 Å². The quantitative estimate of drug-likeness (QED) is 0.351. The highest BCUT2D eigenvalue weighted by molar-refractivity contribution is 7.99. The van der Waals surface area contributed by atoms with Gasteiger partial charge < -0.3 is 10.6 Å². The predicted molar refractivity (Wildman–Crippen MR) is 102 cm³/mol. The lowest BCUT2D eigenvalue weighted by Gasteiger charge is -2.11. The van der Waals surface area contributed by atoms with Crippen molar-refractivity contribution >= 4 is 40.7 Å². The maximum atomic E-state index is 5.88. The van der Waals surface area contributed by atoms with Crippen LogP contribution in [-0.2, 0) is 6.54 Å². The van der Waals surface area contributed by atoms with Gasteiger partial charge in [0.2, 0.25) is 0 Å². The first kappa shape index (κ1) is 18.1. The summed E-state index contributed by atoms with van der Waals surface area (Å²) in [5, 5.41) is 8.52. The summed E-state index contributed by atoms with van der Waals surface area (Å²) in [7, 11) is 1.78. The second kappa shape index (κ2) is 9.15. The Kier molecular flexibility index (Phi) is 7.20. The molecule has 0 spiro atoms. The molecule has 0 aliphatic rings. The van der Waals surface area contributed by atoms with Crippen molar-refractivity contribution in [1.29, 1.82) is 0 Å². The Morgan fingerprint density at radius 2 is 2.00 bits per heavy atom. The van der Waals surface area contributed by atoms with Gasteiger partial charge in [-0.05, 0) is 38.1 Å². The Morgan fingerprint density at radius 3 is 2.61 bits per heavy atom. The highest BCUT2D eigenvalue weighted by Crippen LogP contribution is 2.19. The molecule has 1 heterocycles. The second-order valence-electron chi connectivity index (χ2n) is 4.90. The summed E-state index contributed by atoms with van der Waals surface area (Å²) < 4.78 is 0. The first-order chi connectivity index (χ1) is 11.1. The Hall–Kier alpha value is -1.24. The van der Waals surface area contributed by atoms with Crippen LogP contribution in [0.3, 0.4) is 0 Å². The molecule has 0 amide bonds. The van der Waals surface area contributed by atoms with Gasteiger partial charge in [-0.15, -0.1) is 23.1 Å². The van der Waals surface area contributed by atoms with E-state index in [0.717, 1.165) is 40.5 Å². The van der Waals surface area contributed by atoms with E-state index in [4.69, 9.17) is 11.6 Å². The van der Waals surface area contributed by atoms with Crippen molar-refractivity contribution in [2.75, 3.05) is 19.3 Å². The topological polar surface area (TPSA) is 49.3 Å². The third kappa shape index (κ3) is 6.05. The molecule has 0 radical (unpaired) electrons. The largest absolute Gasteiger partial charge is 0.356 e. The summed E-state index contributed by atoms with van der Waals surface area (Å²) in [6, 6.07) is 7.90. The van der Waals surface area contributed by atoms with Crippen molar-refractivity contribution in [1.82, 2.24) is 15.6 Å². The fraction of sp³-hybridized carbons (Fsp3) is 0.375. The molecule has 2 N–H and O–H groups in total. The van der Waals surface area contributed by atoms with Crippen molar-refractivity contribution in [3.8, 4) is 0 Å². The lowest BCUT2D eigenvalue weighted by atomic mass is 10.4. The van der Waals surface area contributed by atoms with E-state index in [9.17, 15) is 0 Å². The molecule has 0 aliphatic carbocycles. The zero-order valence-corrected chi connectivity index (χ0v) is 15.9. The molecule has 0 bridgehead atoms. The zero-order valence-electron chi connectivity index (χ0n) is 13.5. The number of halogens is 1. The molecule has 0 saturated carbocycles. The normalized spacial score (nSPS) is 11.6. The summed E-state index contributed by atoms with van der Waals surface area (Å²) in [4.78, 5) is 11.2. The fourth-order valence-corrected chi connectivity index (χ4v) is 3.76. The molecule has 0 fully saturated rings. The minimum Gasteiger partial charge on any atom is -0.356 e. The summed E-state index contributed by atoms with van der Waals surface area (Å²) in [6.45, 7) is 5.66. The Bertz CT molecular complexity index is 653. The second-order valence-corrected chi connectivity index (χ2v) is 7.79. The van der Waals surface area contributed by atoms with Crippen LogP contribution in [0.25, 0.3) is 0 Å². The van der Waals surface area contributed by atoms with E-state index in [0.29, 0.717) is 0 Å². The third-order valence-corrected chi connectivity index (χ3v) is 5.46. The monoisotopic (exact) mass is 368 g/mol. The Morgan fingerprint density at radius 1 is 1.26 bits per heavy atom. The van der Waals surface area contributed by atoms with Crippen LogP contribution >= 0.6 is 34.7 Å². The Labute approximate surface area is 150 Å². The van der Waals surface area contributed by atoms with Gasteiger partial charge in [-0.2, -0.15) is 0 Å². The van der Waals surface area contributed by atoms with Gasteiger partial charge >= 0.3 is 0 Å². The van der Waals surface area contributed by atoms with Gasteiger partial charge in [-0.3, -0.25) is 4.99 Å². The summed E-state index contributed by atoms with van der Waals surface area (Å²) in [6.07, 6.45) is 0. The van der Waals surface area contributed by atoms with Gasteiger partial charge in [0.25, 0.3) is 0 Å². The van der Waals surface area contributed by atoms with Crippen LogP contribution in [0, 0.1) is 13.8 Å². The third-order valence-electron chi connectivity index (χ3n) is 3.12. The van der Waals surface area contributed by atoms with Crippen LogP contribution in [0.5, 0.6) is 0 Å². The minimum absolute atomic E-state index is 0.751. The number of hydrogen-bond donors (Lipinski definition) is 2. The summed E-state index contributed by atoms with van der Waals surface area (Å²) in [5.41, 5.74) is 1.09. The van der Waals surface area contributed by atoms with Crippen molar-refractivity contribution in [3.63, 3.8) is 0 Å². The average molecular weight is 369 g/mol. The van der Waals surface area contributed by atoms with E-state index in [2.05, 4.69) is 20.6 Å². The number of aryl methyl sites for hydroxylation is 2. The van der Waals surface area contributed by atoms with Crippen LogP contribution in [0.2, 0.25) is 5.02 Å². The SMILES string of the molecule is CN=C(NCCSc1ccc(Cl)cc1)NCc1sc(C)nc1C. The number of benzene rings is 1. The summed E-state index contributed by atoms with van der Waals surface area (Å²) >= 11 is 9.39. The van der Waals surface area contributed by atoms with Gasteiger partial charge in [0.05, 0.1) is 17.2 Å². The van der Waals surface area contributed by atoms with Gasteiger partial charge in [0, 0.05) is 34.1 Å². The zero-order chi connectivity index (χ0) is 16.7. The van der Waals surface area contributed by atoms with Gasteiger partial charge in [0.1, 0.15) is 0 Å². The lowest BCUT2D eigenvalue weighted by Crippen LogP contribution is -2.37. The molecule has 0 atom stereocenters. The van der Waals surface area contributed by atoms with Gasteiger partial charge in [-0.1, -0.05) is 11.6 Å². The number of hydrogen-bond acceptors (Lipinski definition) is 4. The molecule has 2 rings (SSSR count). The van der Waals surface area contributed by atoms with Crippen LogP contribution in [0.15, 0.2) is 34.2 Å². The Balaban J connectivity index is 1.70. The number of aliphatic imine (C=N–C) groups is 1. The number of guanidine groups is 1. The highest BCUT2D eigenvalue weighted by atomic mass is 35.5. The molecule has 23 heavy (non-hydrogen) atoms. The van der Waals surface area contributed by atoms with E-state index in [-0.39, 0.29) is 0 Å². The smallest absolute Gasteiger partial charge is 0.191 e. The standard InChI is InChI=1S/C16H21ClN4S2/c1-11-15(23-12(2)21-11)10-20-16(18-3)19-8-9-22-14-6-4-13(17)5-7-14/h4-7H,8-10H2,1-3H3,(H2,18,19,20). The van der Waals surface area contributed by atoms with Crippen LogP contribution in [0.1, 0.15) is 15.6 Å². The number of aromatic nitrogens is 1. The van der Waals surface area contributed by atoms with Gasteiger partial charge in [0.15, 0.2) is 5.96 Å². The highest BCUT2D eigenvalue weighted by Gasteiger charge is 2.05. The first-order valence-corrected chi connectivity index (χ1v) is 9.52. The van der Waals surface area contributed by atoms with Crippen molar-refractivity contribution in [3.05, 3.63) is 44.9 Å². The minimum atomic E-state index is 0.751. The molecule has 0 aliphatic heterocycles. The number of nitrogens with one attached hydrogen (secondary N) is 2. The van der Waals surface area contributed by atoms with Crippen LogP contribution in [0.4, 0.5) is 0 Å². The van der Waals surface area contributed by atoms with E-state index in [1.54, 1.807) is 30.1 Å². The van der Waals surface area contributed by atoms with Crippen molar-refractivity contribution in [2.45, 2.75) is 25.3 Å². The molecule has 4 nitrogen and oxygen atoms in total. The molecule has 7 heteroatoms. The molecular formula is C16H21ClN4S2.